The number of carbonyl (C=O) groups is 2. The van der Waals surface area contributed by atoms with Crippen LogP contribution >= 0.6 is 0 Å². The predicted molar refractivity (Wildman–Crippen MR) is 71.7 cm³/mol. The molecule has 0 bridgehead atoms. The van der Waals surface area contributed by atoms with Crippen molar-refractivity contribution in [2.24, 2.45) is 0 Å². The molecular weight excluding hydrogens is 244 g/mol. The zero-order valence-electron chi connectivity index (χ0n) is 10.9. The smallest absolute Gasteiger partial charge is 0.305 e. The van der Waals surface area contributed by atoms with Crippen LogP contribution in [-0.2, 0) is 15.0 Å². The van der Waals surface area contributed by atoms with Crippen molar-refractivity contribution in [1.82, 2.24) is 4.90 Å². The van der Waals surface area contributed by atoms with E-state index in [-0.39, 0.29) is 18.9 Å². The lowest BCUT2D eigenvalue weighted by Gasteiger charge is -2.23. The number of hydrogen-bond donors (Lipinski definition) is 2. The average Bonchev–Trinajstić information content (AvgIpc) is 3.17. The number of nitrogens with two attached hydrogens (primary N) is 1. The molecule has 0 aromatic heterocycles. The Bertz CT molecular complexity index is 492. The van der Waals surface area contributed by atoms with Crippen molar-refractivity contribution in [2.75, 3.05) is 19.3 Å². The van der Waals surface area contributed by atoms with E-state index in [1.54, 1.807) is 19.2 Å². The largest absolute Gasteiger partial charge is 0.481 e. The highest BCUT2D eigenvalue weighted by Crippen LogP contribution is 2.49. The molecule has 3 N–H and O–H groups in total. The van der Waals surface area contributed by atoms with E-state index in [1.165, 1.54) is 4.90 Å². The molecule has 2 rings (SSSR count). The van der Waals surface area contributed by atoms with Gasteiger partial charge in [-0.1, -0.05) is 12.1 Å². The van der Waals surface area contributed by atoms with Crippen LogP contribution in [0.2, 0.25) is 0 Å². The Hall–Kier alpha value is -2.04. The van der Waals surface area contributed by atoms with Crippen molar-refractivity contribution in [3.8, 4) is 0 Å². The number of benzene rings is 1. The number of rotatable bonds is 5. The summed E-state index contributed by atoms with van der Waals surface area (Å²) in [4.78, 5) is 24.5. The molecule has 19 heavy (non-hydrogen) atoms. The van der Waals surface area contributed by atoms with Gasteiger partial charge in [0.25, 0.3) is 0 Å². The third-order valence-electron chi connectivity index (χ3n) is 3.63. The van der Waals surface area contributed by atoms with Crippen LogP contribution in [-0.4, -0.2) is 35.5 Å². The summed E-state index contributed by atoms with van der Waals surface area (Å²) in [5, 5.41) is 8.66. The number of nitrogen functional groups attached to an aromatic ring is 1. The molecule has 0 heterocycles. The predicted octanol–water partition coefficient (Wildman–Crippen LogP) is 1.23. The zero-order chi connectivity index (χ0) is 14.0. The molecule has 0 saturated heterocycles. The molecule has 102 valence electrons. The monoisotopic (exact) mass is 262 g/mol. The lowest BCUT2D eigenvalue weighted by atomic mass is 9.94. The Morgan fingerprint density at radius 3 is 2.37 bits per heavy atom. The number of anilines is 1. The Labute approximate surface area is 112 Å². The molecular formula is C14H18N2O3. The van der Waals surface area contributed by atoms with Crippen LogP contribution in [0.4, 0.5) is 5.69 Å². The van der Waals surface area contributed by atoms with E-state index < -0.39 is 11.4 Å². The number of carbonyl (C=O) groups excluding carboxylic acids is 1. The van der Waals surface area contributed by atoms with E-state index in [0.717, 1.165) is 18.4 Å². The Balaban J connectivity index is 2.09. The fourth-order valence-electron chi connectivity index (χ4n) is 2.28. The van der Waals surface area contributed by atoms with Crippen LogP contribution < -0.4 is 5.73 Å². The van der Waals surface area contributed by atoms with Gasteiger partial charge in [0, 0.05) is 19.3 Å². The van der Waals surface area contributed by atoms with Crippen molar-refractivity contribution >= 4 is 17.6 Å². The second-order valence-corrected chi connectivity index (χ2v) is 5.07. The van der Waals surface area contributed by atoms with Crippen LogP contribution in [0.5, 0.6) is 0 Å². The minimum Gasteiger partial charge on any atom is -0.481 e. The number of nitrogens with zero attached hydrogens (tertiary/aromatic N) is 1. The standard InChI is InChI=1S/C14H18N2O3/c1-16(9-6-12(17)18)13(19)14(7-8-14)10-2-4-11(15)5-3-10/h2-5H,6-9,15H2,1H3,(H,17,18). The number of carboxylic acid groups (broad SMARTS) is 1. The summed E-state index contributed by atoms with van der Waals surface area (Å²) < 4.78 is 0. The molecule has 0 spiro atoms. The quantitative estimate of drug-likeness (QED) is 0.782. The minimum atomic E-state index is -0.892. The second-order valence-electron chi connectivity index (χ2n) is 5.07. The first-order valence-corrected chi connectivity index (χ1v) is 6.29. The summed E-state index contributed by atoms with van der Waals surface area (Å²) in [6.45, 7) is 0.241. The summed E-state index contributed by atoms with van der Waals surface area (Å²) in [7, 11) is 1.66. The van der Waals surface area contributed by atoms with Gasteiger partial charge in [-0.25, -0.2) is 0 Å². The minimum absolute atomic E-state index is 0.00137. The van der Waals surface area contributed by atoms with Crippen LogP contribution in [0.1, 0.15) is 24.8 Å². The highest BCUT2D eigenvalue weighted by Gasteiger charge is 2.52. The molecule has 5 heteroatoms. The number of amides is 1. The van der Waals surface area contributed by atoms with Gasteiger partial charge in [-0.2, -0.15) is 0 Å². The average molecular weight is 262 g/mol. The SMILES string of the molecule is CN(CCC(=O)O)C(=O)C1(c2ccc(N)cc2)CC1. The number of hydrogen-bond acceptors (Lipinski definition) is 3. The summed E-state index contributed by atoms with van der Waals surface area (Å²) in [6.07, 6.45) is 1.60. The number of aliphatic carboxylic acids is 1. The van der Waals surface area contributed by atoms with E-state index in [2.05, 4.69) is 0 Å². The molecule has 0 unspecified atom stereocenters. The summed E-state index contributed by atoms with van der Waals surface area (Å²) in [5.41, 5.74) is 6.83. The van der Waals surface area contributed by atoms with Crippen molar-refractivity contribution in [3.63, 3.8) is 0 Å². The topological polar surface area (TPSA) is 83.6 Å². The Kier molecular flexibility index (Phi) is 3.46. The molecule has 1 aromatic rings. The maximum Gasteiger partial charge on any atom is 0.305 e. The van der Waals surface area contributed by atoms with E-state index >= 15 is 0 Å². The van der Waals surface area contributed by atoms with Crippen molar-refractivity contribution in [3.05, 3.63) is 29.8 Å². The maximum atomic E-state index is 12.4. The van der Waals surface area contributed by atoms with Gasteiger partial charge < -0.3 is 15.7 Å². The molecule has 0 aliphatic heterocycles. The van der Waals surface area contributed by atoms with E-state index in [9.17, 15) is 9.59 Å². The maximum absolute atomic E-state index is 12.4. The highest BCUT2D eigenvalue weighted by atomic mass is 16.4. The first kappa shape index (κ1) is 13.4. The summed E-state index contributed by atoms with van der Waals surface area (Å²) in [6, 6.07) is 7.34. The van der Waals surface area contributed by atoms with Gasteiger partial charge in [-0.05, 0) is 30.5 Å². The molecule has 1 amide bonds. The van der Waals surface area contributed by atoms with Crippen LogP contribution in [0.25, 0.3) is 0 Å². The van der Waals surface area contributed by atoms with Gasteiger partial charge >= 0.3 is 5.97 Å². The fourth-order valence-corrected chi connectivity index (χ4v) is 2.28. The normalized spacial score (nSPS) is 15.8. The van der Waals surface area contributed by atoms with Crippen LogP contribution in [0.3, 0.4) is 0 Å². The molecule has 1 aliphatic rings. The van der Waals surface area contributed by atoms with Gasteiger partial charge in [0.15, 0.2) is 0 Å². The van der Waals surface area contributed by atoms with Gasteiger partial charge in [0.2, 0.25) is 5.91 Å². The Morgan fingerprint density at radius 1 is 1.32 bits per heavy atom. The van der Waals surface area contributed by atoms with E-state index in [1.807, 2.05) is 12.1 Å². The third kappa shape index (κ3) is 2.70. The lowest BCUT2D eigenvalue weighted by Crippen LogP contribution is -2.37. The van der Waals surface area contributed by atoms with Gasteiger partial charge in [-0.15, -0.1) is 0 Å². The van der Waals surface area contributed by atoms with Crippen molar-refractivity contribution < 1.29 is 14.7 Å². The van der Waals surface area contributed by atoms with Crippen molar-refractivity contribution in [2.45, 2.75) is 24.7 Å². The first-order chi connectivity index (χ1) is 8.95. The van der Waals surface area contributed by atoms with Crippen molar-refractivity contribution in [1.29, 1.82) is 0 Å². The van der Waals surface area contributed by atoms with Crippen LogP contribution in [0, 0.1) is 0 Å². The van der Waals surface area contributed by atoms with Gasteiger partial charge in [-0.3, -0.25) is 9.59 Å². The second kappa shape index (κ2) is 4.91. The van der Waals surface area contributed by atoms with E-state index in [0.29, 0.717) is 5.69 Å². The molecule has 1 saturated carbocycles. The zero-order valence-corrected chi connectivity index (χ0v) is 10.9. The molecule has 0 radical (unpaired) electrons. The lowest BCUT2D eigenvalue weighted by molar-refractivity contribution is -0.138. The molecule has 1 aliphatic carbocycles. The van der Waals surface area contributed by atoms with Crippen LogP contribution in [0.15, 0.2) is 24.3 Å². The fraction of sp³-hybridized carbons (Fsp3) is 0.429. The first-order valence-electron chi connectivity index (χ1n) is 6.29. The summed E-state index contributed by atoms with van der Waals surface area (Å²) in [5.74, 6) is -0.893. The van der Waals surface area contributed by atoms with Gasteiger partial charge in [0.1, 0.15) is 0 Å². The van der Waals surface area contributed by atoms with Gasteiger partial charge in [0.05, 0.1) is 11.8 Å². The number of carboxylic acids is 1. The Morgan fingerprint density at radius 2 is 1.89 bits per heavy atom. The molecule has 1 fully saturated rings. The summed E-state index contributed by atoms with van der Waals surface area (Å²) >= 11 is 0. The highest BCUT2D eigenvalue weighted by molar-refractivity contribution is 5.91. The van der Waals surface area contributed by atoms with E-state index in [4.69, 9.17) is 10.8 Å². The number of likely N-dealkylation sites (N-methyl/N-ethyl adjacent to an activating group) is 1. The third-order valence-corrected chi connectivity index (χ3v) is 3.63. The molecule has 1 aromatic carbocycles. The molecule has 5 nitrogen and oxygen atoms in total. The molecule has 0 atom stereocenters.